The van der Waals surface area contributed by atoms with Crippen molar-refractivity contribution >= 4 is 17.3 Å². The Balaban J connectivity index is 1.72. The zero-order valence-corrected chi connectivity index (χ0v) is 10.9. The predicted octanol–water partition coefficient (Wildman–Crippen LogP) is 3.92. The minimum atomic E-state index is 0.553. The van der Waals surface area contributed by atoms with Gasteiger partial charge in [0.1, 0.15) is 12.4 Å². The normalized spacial score (nSPS) is 10.1. The number of anilines is 1. The highest BCUT2D eigenvalue weighted by Gasteiger charge is 1.94. The Bertz CT molecular complexity index is 456. The Kier molecular flexibility index (Phi) is 4.91. The fraction of sp³-hybridized carbons (Fsp3) is 0.200. The number of para-hydroxylation sites is 1. The van der Waals surface area contributed by atoms with Crippen LogP contribution in [0.2, 0.25) is 0 Å². The van der Waals surface area contributed by atoms with Crippen molar-refractivity contribution in [1.82, 2.24) is 0 Å². The molecule has 0 saturated carbocycles. The van der Waals surface area contributed by atoms with Crippen molar-refractivity contribution < 1.29 is 4.74 Å². The topological polar surface area (TPSA) is 21.3 Å². The molecule has 18 heavy (non-hydrogen) atoms. The van der Waals surface area contributed by atoms with Gasteiger partial charge in [-0.05, 0) is 29.8 Å². The van der Waals surface area contributed by atoms with Crippen LogP contribution in [0.15, 0.2) is 54.6 Å². The van der Waals surface area contributed by atoms with E-state index in [1.807, 2.05) is 54.6 Å². The van der Waals surface area contributed by atoms with Gasteiger partial charge in [0, 0.05) is 18.1 Å². The summed E-state index contributed by atoms with van der Waals surface area (Å²) in [6.07, 6.45) is 0. The van der Waals surface area contributed by atoms with Crippen LogP contribution in [0.3, 0.4) is 0 Å². The molecule has 2 aromatic rings. The SMILES string of the molecule is ClCc1ccc(NCCOc2ccccc2)cc1. The van der Waals surface area contributed by atoms with Gasteiger partial charge >= 0.3 is 0 Å². The Morgan fingerprint density at radius 3 is 2.33 bits per heavy atom. The summed E-state index contributed by atoms with van der Waals surface area (Å²) in [5.74, 6) is 1.45. The standard InChI is InChI=1S/C15H16ClNO/c16-12-13-6-8-14(9-7-13)17-10-11-18-15-4-2-1-3-5-15/h1-9,17H,10-12H2. The van der Waals surface area contributed by atoms with Crippen molar-refractivity contribution in [3.63, 3.8) is 0 Å². The quantitative estimate of drug-likeness (QED) is 0.629. The lowest BCUT2D eigenvalue weighted by atomic mass is 10.2. The van der Waals surface area contributed by atoms with Crippen molar-refractivity contribution in [3.8, 4) is 5.75 Å². The minimum absolute atomic E-state index is 0.553. The van der Waals surface area contributed by atoms with Gasteiger partial charge in [-0.15, -0.1) is 11.6 Å². The van der Waals surface area contributed by atoms with Gasteiger partial charge in [-0.3, -0.25) is 0 Å². The van der Waals surface area contributed by atoms with E-state index in [0.29, 0.717) is 12.5 Å². The summed E-state index contributed by atoms with van der Waals surface area (Å²) < 4.78 is 5.59. The van der Waals surface area contributed by atoms with Gasteiger partial charge in [0.2, 0.25) is 0 Å². The third kappa shape index (κ3) is 3.97. The summed E-state index contributed by atoms with van der Waals surface area (Å²) in [5.41, 5.74) is 2.21. The predicted molar refractivity (Wildman–Crippen MR) is 76.4 cm³/mol. The molecule has 0 aliphatic heterocycles. The van der Waals surface area contributed by atoms with Gasteiger partial charge < -0.3 is 10.1 Å². The zero-order valence-electron chi connectivity index (χ0n) is 10.1. The molecule has 0 spiro atoms. The monoisotopic (exact) mass is 261 g/mol. The van der Waals surface area contributed by atoms with Gasteiger partial charge in [-0.1, -0.05) is 30.3 Å². The Labute approximate surface area is 113 Å². The first-order valence-corrected chi connectivity index (χ1v) is 6.48. The second-order valence-corrected chi connectivity index (χ2v) is 4.19. The van der Waals surface area contributed by atoms with Crippen LogP contribution in [0.1, 0.15) is 5.56 Å². The molecular weight excluding hydrogens is 246 g/mol. The van der Waals surface area contributed by atoms with Crippen LogP contribution in [-0.4, -0.2) is 13.2 Å². The number of nitrogens with one attached hydrogen (secondary N) is 1. The summed E-state index contributed by atoms with van der Waals surface area (Å²) in [7, 11) is 0. The van der Waals surface area contributed by atoms with Crippen molar-refractivity contribution in [2.75, 3.05) is 18.5 Å². The van der Waals surface area contributed by atoms with Crippen LogP contribution < -0.4 is 10.1 Å². The maximum Gasteiger partial charge on any atom is 0.119 e. The van der Waals surface area contributed by atoms with E-state index in [4.69, 9.17) is 16.3 Å². The lowest BCUT2D eigenvalue weighted by Crippen LogP contribution is -2.11. The van der Waals surface area contributed by atoms with Crippen LogP contribution >= 0.6 is 11.6 Å². The number of halogens is 1. The molecule has 0 aromatic heterocycles. The van der Waals surface area contributed by atoms with Gasteiger partial charge in [0.15, 0.2) is 0 Å². The molecular formula is C15H16ClNO. The fourth-order valence-corrected chi connectivity index (χ4v) is 1.77. The molecule has 94 valence electrons. The lowest BCUT2D eigenvalue weighted by Gasteiger charge is -2.08. The number of hydrogen-bond acceptors (Lipinski definition) is 2. The molecule has 0 bridgehead atoms. The van der Waals surface area contributed by atoms with E-state index in [0.717, 1.165) is 23.5 Å². The van der Waals surface area contributed by atoms with E-state index in [2.05, 4.69) is 5.32 Å². The first-order valence-electron chi connectivity index (χ1n) is 5.95. The second kappa shape index (κ2) is 6.92. The first kappa shape index (κ1) is 12.8. The summed E-state index contributed by atoms with van der Waals surface area (Å²) in [4.78, 5) is 0. The molecule has 0 atom stereocenters. The number of benzene rings is 2. The third-order valence-electron chi connectivity index (χ3n) is 2.55. The summed E-state index contributed by atoms with van der Waals surface area (Å²) in [6, 6.07) is 17.9. The number of ether oxygens (including phenoxy) is 1. The second-order valence-electron chi connectivity index (χ2n) is 3.92. The van der Waals surface area contributed by atoms with Crippen LogP contribution in [0, 0.1) is 0 Å². The molecule has 0 aliphatic carbocycles. The largest absolute Gasteiger partial charge is 0.492 e. The van der Waals surface area contributed by atoms with E-state index >= 15 is 0 Å². The van der Waals surface area contributed by atoms with E-state index in [-0.39, 0.29) is 0 Å². The molecule has 0 unspecified atom stereocenters. The Morgan fingerprint density at radius 1 is 0.944 bits per heavy atom. The molecule has 0 heterocycles. The molecule has 0 aliphatic rings. The van der Waals surface area contributed by atoms with Crippen molar-refractivity contribution in [2.45, 2.75) is 5.88 Å². The average molecular weight is 262 g/mol. The first-order chi connectivity index (χ1) is 8.88. The average Bonchev–Trinajstić information content (AvgIpc) is 2.45. The van der Waals surface area contributed by atoms with Crippen molar-refractivity contribution in [3.05, 3.63) is 60.2 Å². The molecule has 3 heteroatoms. The molecule has 1 N–H and O–H groups in total. The maximum atomic E-state index is 5.73. The number of hydrogen-bond donors (Lipinski definition) is 1. The molecule has 0 radical (unpaired) electrons. The number of rotatable bonds is 6. The maximum absolute atomic E-state index is 5.73. The smallest absolute Gasteiger partial charge is 0.119 e. The molecule has 0 amide bonds. The highest BCUT2D eigenvalue weighted by Crippen LogP contribution is 2.11. The van der Waals surface area contributed by atoms with E-state index < -0.39 is 0 Å². The molecule has 2 rings (SSSR count). The fourth-order valence-electron chi connectivity index (χ4n) is 1.59. The van der Waals surface area contributed by atoms with Crippen LogP contribution in [0.4, 0.5) is 5.69 Å². The number of alkyl halides is 1. The Morgan fingerprint density at radius 2 is 1.67 bits per heavy atom. The highest BCUT2D eigenvalue weighted by atomic mass is 35.5. The molecule has 2 aromatic carbocycles. The van der Waals surface area contributed by atoms with Gasteiger partial charge in [-0.25, -0.2) is 0 Å². The van der Waals surface area contributed by atoms with Crippen LogP contribution in [-0.2, 0) is 5.88 Å². The van der Waals surface area contributed by atoms with Crippen LogP contribution in [0.5, 0.6) is 5.75 Å². The molecule has 0 saturated heterocycles. The lowest BCUT2D eigenvalue weighted by molar-refractivity contribution is 0.333. The van der Waals surface area contributed by atoms with Crippen molar-refractivity contribution in [1.29, 1.82) is 0 Å². The Hall–Kier alpha value is -1.67. The third-order valence-corrected chi connectivity index (χ3v) is 2.86. The summed E-state index contributed by atoms with van der Waals surface area (Å²) in [6.45, 7) is 1.41. The molecule has 2 nitrogen and oxygen atoms in total. The summed E-state index contributed by atoms with van der Waals surface area (Å²) in [5, 5.41) is 3.30. The van der Waals surface area contributed by atoms with Gasteiger partial charge in [0.05, 0.1) is 0 Å². The van der Waals surface area contributed by atoms with Crippen LogP contribution in [0.25, 0.3) is 0 Å². The van der Waals surface area contributed by atoms with Gasteiger partial charge in [-0.2, -0.15) is 0 Å². The van der Waals surface area contributed by atoms with Crippen molar-refractivity contribution in [2.24, 2.45) is 0 Å². The van der Waals surface area contributed by atoms with Gasteiger partial charge in [0.25, 0.3) is 0 Å². The summed E-state index contributed by atoms with van der Waals surface area (Å²) >= 11 is 5.73. The zero-order chi connectivity index (χ0) is 12.6. The molecule has 0 fully saturated rings. The van der Waals surface area contributed by atoms with E-state index in [9.17, 15) is 0 Å². The highest BCUT2D eigenvalue weighted by molar-refractivity contribution is 6.17. The van der Waals surface area contributed by atoms with E-state index in [1.54, 1.807) is 0 Å². The van der Waals surface area contributed by atoms with E-state index in [1.165, 1.54) is 0 Å². The minimum Gasteiger partial charge on any atom is -0.492 e.